The van der Waals surface area contributed by atoms with Crippen LogP contribution in [0.4, 0.5) is 8.78 Å². The quantitative estimate of drug-likeness (QED) is 0.516. The number of aromatic nitrogens is 2. The Hall–Kier alpha value is -1.44. The zero-order chi connectivity index (χ0) is 14.0. The lowest BCUT2D eigenvalue weighted by Crippen LogP contribution is -2.31. The minimum absolute atomic E-state index is 0.162. The largest absolute Gasteiger partial charge is 0.271 e. The van der Waals surface area contributed by atoms with Gasteiger partial charge in [0, 0.05) is 11.8 Å². The number of aryl methyl sites for hydroxylation is 1. The van der Waals surface area contributed by atoms with Crippen LogP contribution in [0.15, 0.2) is 28.9 Å². The van der Waals surface area contributed by atoms with E-state index in [1.54, 1.807) is 13.0 Å². The van der Waals surface area contributed by atoms with Gasteiger partial charge in [0.05, 0.1) is 16.2 Å². The van der Waals surface area contributed by atoms with E-state index in [0.29, 0.717) is 11.5 Å². The highest BCUT2D eigenvalue weighted by molar-refractivity contribution is 9.10. The summed E-state index contributed by atoms with van der Waals surface area (Å²) in [6.45, 7) is 1.69. The van der Waals surface area contributed by atoms with Crippen molar-refractivity contribution in [1.29, 1.82) is 0 Å². The van der Waals surface area contributed by atoms with Gasteiger partial charge in [0.25, 0.3) is 0 Å². The lowest BCUT2D eigenvalue weighted by Gasteiger charge is -2.18. The number of halogens is 3. The van der Waals surface area contributed by atoms with Crippen molar-refractivity contribution < 1.29 is 8.78 Å². The average Bonchev–Trinajstić information content (AvgIpc) is 2.39. The summed E-state index contributed by atoms with van der Waals surface area (Å²) in [6.07, 6.45) is 1.51. The topological polar surface area (TPSA) is 63.8 Å². The van der Waals surface area contributed by atoms with Gasteiger partial charge in [0.1, 0.15) is 17.5 Å². The molecule has 0 aliphatic rings. The van der Waals surface area contributed by atoms with Crippen LogP contribution < -0.4 is 11.3 Å². The van der Waals surface area contributed by atoms with Crippen LogP contribution in [0.2, 0.25) is 0 Å². The summed E-state index contributed by atoms with van der Waals surface area (Å²) in [4.78, 5) is 8.07. The Kier molecular flexibility index (Phi) is 4.18. The molecule has 2 aromatic rings. The SMILES string of the molecule is Cc1nccc(C(NN)c2c(F)ccc(Br)c2F)n1. The minimum atomic E-state index is -0.890. The molecule has 0 aliphatic carbocycles. The number of hydrazine groups is 1. The van der Waals surface area contributed by atoms with E-state index in [-0.39, 0.29) is 10.0 Å². The van der Waals surface area contributed by atoms with Crippen LogP contribution in [0, 0.1) is 18.6 Å². The number of nitrogens with one attached hydrogen (secondary N) is 1. The molecular formula is C12H11BrF2N4. The van der Waals surface area contributed by atoms with E-state index in [2.05, 4.69) is 31.3 Å². The molecule has 1 aromatic carbocycles. The molecule has 0 amide bonds. The number of hydrogen-bond donors (Lipinski definition) is 2. The Balaban J connectivity index is 2.57. The number of rotatable bonds is 3. The first-order valence-electron chi connectivity index (χ1n) is 5.43. The maximum absolute atomic E-state index is 14.1. The lowest BCUT2D eigenvalue weighted by atomic mass is 10.0. The summed E-state index contributed by atoms with van der Waals surface area (Å²) >= 11 is 3.02. The fraction of sp³-hybridized carbons (Fsp3) is 0.167. The molecule has 19 heavy (non-hydrogen) atoms. The maximum Gasteiger partial charge on any atom is 0.145 e. The van der Waals surface area contributed by atoms with Crippen LogP contribution >= 0.6 is 15.9 Å². The van der Waals surface area contributed by atoms with Crippen molar-refractivity contribution in [2.45, 2.75) is 13.0 Å². The lowest BCUT2D eigenvalue weighted by molar-refractivity contribution is 0.501. The Bertz CT molecular complexity index is 606. The predicted molar refractivity (Wildman–Crippen MR) is 70.0 cm³/mol. The van der Waals surface area contributed by atoms with E-state index in [0.717, 1.165) is 0 Å². The molecule has 3 N–H and O–H groups in total. The molecule has 1 aromatic heterocycles. The third kappa shape index (κ3) is 2.78. The molecule has 0 bridgehead atoms. The number of benzene rings is 1. The molecule has 4 nitrogen and oxygen atoms in total. The van der Waals surface area contributed by atoms with Gasteiger partial charge in [0.2, 0.25) is 0 Å². The summed E-state index contributed by atoms with van der Waals surface area (Å²) < 4.78 is 28.1. The number of hydrogen-bond acceptors (Lipinski definition) is 4. The van der Waals surface area contributed by atoms with Gasteiger partial charge < -0.3 is 0 Å². The van der Waals surface area contributed by atoms with E-state index in [9.17, 15) is 8.78 Å². The summed E-state index contributed by atoms with van der Waals surface area (Å²) in [6, 6.07) is 3.13. The Labute approximate surface area is 117 Å². The van der Waals surface area contributed by atoms with Crippen LogP contribution in [-0.2, 0) is 0 Å². The van der Waals surface area contributed by atoms with Gasteiger partial charge in [-0.25, -0.2) is 24.2 Å². The van der Waals surface area contributed by atoms with Crippen LogP contribution in [-0.4, -0.2) is 9.97 Å². The second kappa shape index (κ2) is 5.68. The van der Waals surface area contributed by atoms with Gasteiger partial charge >= 0.3 is 0 Å². The van der Waals surface area contributed by atoms with Gasteiger partial charge in [-0.1, -0.05) is 0 Å². The summed E-state index contributed by atoms with van der Waals surface area (Å²) in [5, 5.41) is 0. The Morgan fingerprint density at radius 1 is 1.32 bits per heavy atom. The van der Waals surface area contributed by atoms with Crippen molar-refractivity contribution in [3.63, 3.8) is 0 Å². The van der Waals surface area contributed by atoms with Crippen molar-refractivity contribution in [3.05, 3.63) is 57.6 Å². The normalized spacial score (nSPS) is 12.5. The molecule has 7 heteroatoms. The molecule has 1 unspecified atom stereocenters. The summed E-state index contributed by atoms with van der Waals surface area (Å²) in [5.41, 5.74) is 2.59. The van der Waals surface area contributed by atoms with E-state index >= 15 is 0 Å². The van der Waals surface area contributed by atoms with Gasteiger partial charge in [-0.3, -0.25) is 5.84 Å². The molecule has 0 aliphatic heterocycles. The number of nitrogens with two attached hydrogens (primary N) is 1. The first-order chi connectivity index (χ1) is 9.04. The Morgan fingerprint density at radius 3 is 2.68 bits per heavy atom. The molecule has 1 heterocycles. The van der Waals surface area contributed by atoms with Crippen molar-refractivity contribution in [2.75, 3.05) is 0 Å². The smallest absolute Gasteiger partial charge is 0.145 e. The third-order valence-corrected chi connectivity index (χ3v) is 3.24. The van der Waals surface area contributed by atoms with Crippen LogP contribution in [0.1, 0.15) is 23.1 Å². The fourth-order valence-corrected chi connectivity index (χ4v) is 2.10. The van der Waals surface area contributed by atoms with Crippen LogP contribution in [0.25, 0.3) is 0 Å². The average molecular weight is 329 g/mol. The van der Waals surface area contributed by atoms with Crippen molar-refractivity contribution >= 4 is 15.9 Å². The molecule has 0 fully saturated rings. The van der Waals surface area contributed by atoms with Crippen molar-refractivity contribution in [1.82, 2.24) is 15.4 Å². The van der Waals surface area contributed by atoms with Gasteiger partial charge in [-0.05, 0) is 41.1 Å². The number of nitrogens with zero attached hydrogens (tertiary/aromatic N) is 2. The van der Waals surface area contributed by atoms with Gasteiger partial charge in [-0.15, -0.1) is 0 Å². The predicted octanol–water partition coefficient (Wildman–Crippen LogP) is 2.38. The Morgan fingerprint density at radius 2 is 2.05 bits per heavy atom. The van der Waals surface area contributed by atoms with E-state index in [1.165, 1.54) is 18.3 Å². The zero-order valence-electron chi connectivity index (χ0n) is 9.99. The van der Waals surface area contributed by atoms with E-state index < -0.39 is 17.7 Å². The van der Waals surface area contributed by atoms with Crippen LogP contribution in [0.3, 0.4) is 0 Å². The fourth-order valence-electron chi connectivity index (χ4n) is 1.76. The monoisotopic (exact) mass is 328 g/mol. The molecule has 0 spiro atoms. The highest BCUT2D eigenvalue weighted by atomic mass is 79.9. The van der Waals surface area contributed by atoms with Gasteiger partial charge in [-0.2, -0.15) is 0 Å². The zero-order valence-corrected chi connectivity index (χ0v) is 11.6. The standard InChI is InChI=1S/C12H11BrF2N4/c1-6-17-5-4-9(18-6)12(19-16)10-8(14)3-2-7(13)11(10)15/h2-5,12,19H,16H2,1H3. The highest BCUT2D eigenvalue weighted by Crippen LogP contribution is 2.29. The molecule has 2 rings (SSSR count). The molecule has 0 saturated heterocycles. The van der Waals surface area contributed by atoms with Crippen molar-refractivity contribution in [2.24, 2.45) is 5.84 Å². The molecule has 0 saturated carbocycles. The first kappa shape index (κ1) is 14.0. The second-order valence-corrected chi connectivity index (χ2v) is 4.74. The maximum atomic E-state index is 14.1. The first-order valence-corrected chi connectivity index (χ1v) is 6.23. The minimum Gasteiger partial charge on any atom is -0.271 e. The second-order valence-electron chi connectivity index (χ2n) is 3.89. The molecule has 0 radical (unpaired) electrons. The van der Waals surface area contributed by atoms with E-state index in [4.69, 9.17) is 5.84 Å². The van der Waals surface area contributed by atoms with Gasteiger partial charge in [0.15, 0.2) is 0 Å². The molecule has 100 valence electrons. The van der Waals surface area contributed by atoms with E-state index in [1.807, 2.05) is 0 Å². The summed E-state index contributed by atoms with van der Waals surface area (Å²) in [7, 11) is 0. The molecular weight excluding hydrogens is 318 g/mol. The summed E-state index contributed by atoms with van der Waals surface area (Å²) in [5.74, 6) is 4.51. The molecule has 1 atom stereocenters. The highest BCUT2D eigenvalue weighted by Gasteiger charge is 2.23. The van der Waals surface area contributed by atoms with Crippen LogP contribution in [0.5, 0.6) is 0 Å². The third-order valence-electron chi connectivity index (χ3n) is 2.63. The van der Waals surface area contributed by atoms with Crippen molar-refractivity contribution in [3.8, 4) is 0 Å².